The van der Waals surface area contributed by atoms with E-state index in [1.54, 1.807) is 24.3 Å². The number of aryl methyl sites for hydroxylation is 2. The third-order valence-corrected chi connectivity index (χ3v) is 6.02. The van der Waals surface area contributed by atoms with Gasteiger partial charge in [-0.25, -0.2) is 8.42 Å². The summed E-state index contributed by atoms with van der Waals surface area (Å²) in [6.07, 6.45) is 0.675. The predicted molar refractivity (Wildman–Crippen MR) is 111 cm³/mol. The summed E-state index contributed by atoms with van der Waals surface area (Å²) in [6.45, 7) is 6.98. The molecule has 2 rings (SSSR count). The molecule has 28 heavy (non-hydrogen) atoms. The van der Waals surface area contributed by atoms with E-state index in [-0.39, 0.29) is 17.3 Å². The monoisotopic (exact) mass is 404 g/mol. The molecule has 1 amide bonds. The molecule has 0 saturated heterocycles. The molecule has 0 heterocycles. The molecule has 0 radical (unpaired) electrons. The molecule has 0 unspecified atom stereocenters. The fourth-order valence-electron chi connectivity index (χ4n) is 2.74. The van der Waals surface area contributed by atoms with Crippen molar-refractivity contribution in [1.82, 2.24) is 5.32 Å². The van der Waals surface area contributed by atoms with Crippen LogP contribution in [0.15, 0.2) is 53.4 Å². The lowest BCUT2D eigenvalue weighted by molar-refractivity contribution is -0.119. The van der Waals surface area contributed by atoms with Crippen LogP contribution in [0.4, 0.5) is 5.69 Å². The van der Waals surface area contributed by atoms with E-state index in [1.165, 1.54) is 16.4 Å². The van der Waals surface area contributed by atoms with Gasteiger partial charge in [-0.15, -0.1) is 0 Å². The van der Waals surface area contributed by atoms with E-state index in [0.29, 0.717) is 31.9 Å². The number of hydrogen-bond donors (Lipinski definition) is 1. The molecule has 0 aliphatic carbocycles. The molecule has 6 nitrogen and oxygen atoms in total. The number of carbonyl (C=O) groups excluding carboxylic acids is 1. The van der Waals surface area contributed by atoms with Crippen LogP contribution < -0.4 is 9.62 Å². The van der Waals surface area contributed by atoms with Crippen LogP contribution in [0.25, 0.3) is 0 Å². The molecule has 0 fully saturated rings. The quantitative estimate of drug-likeness (QED) is 0.618. The number of benzene rings is 2. The van der Waals surface area contributed by atoms with Gasteiger partial charge in [0.05, 0.1) is 10.6 Å². The summed E-state index contributed by atoms with van der Waals surface area (Å²) in [6, 6.07) is 13.7. The van der Waals surface area contributed by atoms with E-state index in [4.69, 9.17) is 4.74 Å². The Balaban J connectivity index is 2.27. The van der Waals surface area contributed by atoms with Crippen LogP contribution in [-0.4, -0.2) is 40.6 Å². The SMILES string of the molecule is CCOCCCNC(=O)CN(c1cc(C)ccc1C)S(=O)(=O)c1ccccc1. The van der Waals surface area contributed by atoms with Gasteiger partial charge < -0.3 is 10.1 Å². The number of nitrogens with zero attached hydrogens (tertiary/aromatic N) is 1. The molecule has 2 aromatic rings. The summed E-state index contributed by atoms with van der Waals surface area (Å²) in [5.41, 5.74) is 2.22. The van der Waals surface area contributed by atoms with Gasteiger partial charge in [0.1, 0.15) is 6.54 Å². The Morgan fingerprint density at radius 2 is 1.82 bits per heavy atom. The predicted octanol–water partition coefficient (Wildman–Crippen LogP) is 3.04. The van der Waals surface area contributed by atoms with Gasteiger partial charge >= 0.3 is 0 Å². The van der Waals surface area contributed by atoms with Crippen LogP contribution in [-0.2, 0) is 19.6 Å². The van der Waals surface area contributed by atoms with E-state index in [1.807, 2.05) is 32.9 Å². The Morgan fingerprint density at radius 3 is 2.50 bits per heavy atom. The largest absolute Gasteiger partial charge is 0.382 e. The average molecular weight is 405 g/mol. The summed E-state index contributed by atoms with van der Waals surface area (Å²) in [5.74, 6) is -0.350. The Hall–Kier alpha value is -2.38. The first kappa shape index (κ1) is 21.9. The van der Waals surface area contributed by atoms with E-state index < -0.39 is 10.0 Å². The summed E-state index contributed by atoms with van der Waals surface area (Å²) in [7, 11) is -3.88. The van der Waals surface area contributed by atoms with E-state index in [0.717, 1.165) is 11.1 Å². The second-order valence-corrected chi connectivity index (χ2v) is 8.38. The van der Waals surface area contributed by atoms with Crippen LogP contribution >= 0.6 is 0 Å². The van der Waals surface area contributed by atoms with Crippen molar-refractivity contribution in [3.8, 4) is 0 Å². The first-order chi connectivity index (χ1) is 13.4. The molecule has 0 aliphatic rings. The highest BCUT2D eigenvalue weighted by Crippen LogP contribution is 2.27. The summed E-state index contributed by atoms with van der Waals surface area (Å²) >= 11 is 0. The van der Waals surface area contributed by atoms with E-state index in [9.17, 15) is 13.2 Å². The Bertz CT molecular complexity index is 883. The smallest absolute Gasteiger partial charge is 0.264 e. The molecule has 0 bridgehead atoms. The maximum atomic E-state index is 13.3. The van der Waals surface area contributed by atoms with Crippen LogP contribution in [0.5, 0.6) is 0 Å². The van der Waals surface area contributed by atoms with Gasteiger partial charge in [0.15, 0.2) is 0 Å². The number of rotatable bonds is 10. The van der Waals surface area contributed by atoms with Gasteiger partial charge in [0.2, 0.25) is 5.91 Å². The minimum absolute atomic E-state index is 0.153. The van der Waals surface area contributed by atoms with Crippen LogP contribution in [0.2, 0.25) is 0 Å². The van der Waals surface area contributed by atoms with Gasteiger partial charge in [0.25, 0.3) is 10.0 Å². The number of amides is 1. The minimum atomic E-state index is -3.88. The van der Waals surface area contributed by atoms with Gasteiger partial charge in [-0.05, 0) is 56.5 Å². The number of nitrogens with one attached hydrogen (secondary N) is 1. The molecule has 0 aromatic heterocycles. The lowest BCUT2D eigenvalue weighted by Gasteiger charge is -2.26. The average Bonchev–Trinajstić information content (AvgIpc) is 2.68. The first-order valence-corrected chi connectivity index (χ1v) is 10.8. The molecular weight excluding hydrogens is 376 g/mol. The normalized spacial score (nSPS) is 11.2. The highest BCUT2D eigenvalue weighted by molar-refractivity contribution is 7.92. The summed E-state index contributed by atoms with van der Waals surface area (Å²) in [5, 5.41) is 2.77. The second kappa shape index (κ2) is 10.2. The Morgan fingerprint density at radius 1 is 1.11 bits per heavy atom. The molecule has 0 atom stereocenters. The lowest BCUT2D eigenvalue weighted by atomic mass is 10.1. The maximum Gasteiger partial charge on any atom is 0.264 e. The molecule has 152 valence electrons. The number of sulfonamides is 1. The zero-order chi connectivity index (χ0) is 20.6. The van der Waals surface area contributed by atoms with Gasteiger partial charge in [0, 0.05) is 19.8 Å². The lowest BCUT2D eigenvalue weighted by Crippen LogP contribution is -2.41. The minimum Gasteiger partial charge on any atom is -0.382 e. The van der Waals surface area contributed by atoms with Crippen molar-refractivity contribution >= 4 is 21.6 Å². The molecule has 0 saturated carbocycles. The highest BCUT2D eigenvalue weighted by Gasteiger charge is 2.28. The van der Waals surface area contributed by atoms with E-state index >= 15 is 0 Å². The van der Waals surface area contributed by atoms with Gasteiger partial charge in [-0.3, -0.25) is 9.10 Å². The van der Waals surface area contributed by atoms with Gasteiger partial charge in [-0.2, -0.15) is 0 Å². The fraction of sp³-hybridized carbons (Fsp3) is 0.381. The fourth-order valence-corrected chi connectivity index (χ4v) is 4.24. The maximum absolute atomic E-state index is 13.3. The summed E-state index contributed by atoms with van der Waals surface area (Å²) < 4.78 is 33.0. The number of anilines is 1. The summed E-state index contributed by atoms with van der Waals surface area (Å²) in [4.78, 5) is 12.6. The topological polar surface area (TPSA) is 75.7 Å². The van der Waals surface area contributed by atoms with Gasteiger partial charge in [-0.1, -0.05) is 30.3 Å². The number of hydrogen-bond acceptors (Lipinski definition) is 4. The third kappa shape index (κ3) is 5.81. The number of carbonyl (C=O) groups is 1. The van der Waals surface area contributed by atoms with Crippen molar-refractivity contribution in [2.24, 2.45) is 0 Å². The standard InChI is InChI=1S/C21H28N2O4S/c1-4-27-14-8-13-22-21(24)16-23(20-15-17(2)11-12-18(20)3)28(25,26)19-9-6-5-7-10-19/h5-7,9-12,15H,4,8,13-14,16H2,1-3H3,(H,22,24). The van der Waals surface area contributed by atoms with Crippen molar-refractivity contribution in [2.75, 3.05) is 30.6 Å². The van der Waals surface area contributed by atoms with Crippen molar-refractivity contribution in [3.05, 3.63) is 59.7 Å². The van der Waals surface area contributed by atoms with Crippen molar-refractivity contribution in [2.45, 2.75) is 32.1 Å². The second-order valence-electron chi connectivity index (χ2n) is 6.52. The Kier molecular flexibility index (Phi) is 8.02. The van der Waals surface area contributed by atoms with E-state index in [2.05, 4.69) is 5.32 Å². The first-order valence-electron chi connectivity index (χ1n) is 9.35. The molecule has 0 spiro atoms. The van der Waals surface area contributed by atoms with Crippen molar-refractivity contribution in [3.63, 3.8) is 0 Å². The zero-order valence-corrected chi connectivity index (χ0v) is 17.5. The number of ether oxygens (including phenoxy) is 1. The van der Waals surface area contributed by atoms with Crippen LogP contribution in [0, 0.1) is 13.8 Å². The molecule has 1 N–H and O–H groups in total. The van der Waals surface area contributed by atoms with Crippen molar-refractivity contribution in [1.29, 1.82) is 0 Å². The third-order valence-electron chi connectivity index (χ3n) is 4.24. The zero-order valence-electron chi connectivity index (χ0n) is 16.6. The van der Waals surface area contributed by atoms with Crippen LogP contribution in [0.1, 0.15) is 24.5 Å². The molecule has 7 heteroatoms. The van der Waals surface area contributed by atoms with Crippen molar-refractivity contribution < 1.29 is 17.9 Å². The molecular formula is C21H28N2O4S. The molecule has 0 aliphatic heterocycles. The van der Waals surface area contributed by atoms with Crippen LogP contribution in [0.3, 0.4) is 0 Å². The Labute approximate surface area is 167 Å². The highest BCUT2D eigenvalue weighted by atomic mass is 32.2. The molecule has 2 aromatic carbocycles.